The van der Waals surface area contributed by atoms with Gasteiger partial charge in [-0.25, -0.2) is 9.78 Å². The van der Waals surface area contributed by atoms with Crippen molar-refractivity contribution in [2.45, 2.75) is 11.4 Å². The number of hydrogen-bond acceptors (Lipinski definition) is 6. The molecule has 2 heterocycles. The van der Waals surface area contributed by atoms with E-state index < -0.39 is 17.2 Å². The Bertz CT molecular complexity index is 1090. The zero-order chi connectivity index (χ0) is 18.1. The van der Waals surface area contributed by atoms with E-state index >= 15 is 0 Å². The van der Waals surface area contributed by atoms with Crippen molar-refractivity contribution in [3.8, 4) is 0 Å². The van der Waals surface area contributed by atoms with E-state index in [1.807, 2.05) is 0 Å². The molecule has 0 bridgehead atoms. The van der Waals surface area contributed by atoms with Gasteiger partial charge in [-0.15, -0.1) is 11.8 Å². The quantitative estimate of drug-likeness (QED) is 0.337. The van der Waals surface area contributed by atoms with Crippen LogP contribution in [0, 0.1) is 0 Å². The molecule has 0 fully saturated rings. The topological polar surface area (TPSA) is 102 Å². The van der Waals surface area contributed by atoms with Gasteiger partial charge in [0.1, 0.15) is 0 Å². The Labute approximate surface area is 174 Å². The molecule has 0 aliphatic carbocycles. The van der Waals surface area contributed by atoms with E-state index in [1.54, 1.807) is 29.8 Å². The van der Waals surface area contributed by atoms with Crippen LogP contribution in [-0.2, 0) is 20.6 Å². The third kappa shape index (κ3) is 3.66. The predicted octanol–water partition coefficient (Wildman–Crippen LogP) is -3.41. The van der Waals surface area contributed by atoms with Crippen LogP contribution in [-0.4, -0.2) is 30.4 Å². The van der Waals surface area contributed by atoms with Gasteiger partial charge in [0, 0.05) is 36.9 Å². The number of carboxylic acid groups (broad SMARTS) is 1. The second kappa shape index (κ2) is 8.26. The van der Waals surface area contributed by atoms with E-state index in [0.717, 1.165) is 4.57 Å². The summed E-state index contributed by atoms with van der Waals surface area (Å²) < 4.78 is 4.04. The van der Waals surface area contributed by atoms with Gasteiger partial charge in [-0.2, -0.15) is 0 Å². The first kappa shape index (κ1) is 20.5. The van der Waals surface area contributed by atoms with Crippen LogP contribution < -0.4 is 45.9 Å². The van der Waals surface area contributed by atoms with Crippen LogP contribution in [0.3, 0.4) is 0 Å². The SMILES string of the molecule is Cn1c(=O)c2c(ncn2CCSc2ccccc2C(=O)[O-])n(C)c1=O.[Na+]. The molecule has 0 saturated heterocycles. The second-order valence-electron chi connectivity index (χ2n) is 5.45. The van der Waals surface area contributed by atoms with Crippen molar-refractivity contribution in [2.24, 2.45) is 14.1 Å². The summed E-state index contributed by atoms with van der Waals surface area (Å²) in [5.41, 5.74) is -0.0244. The number of hydrogen-bond donors (Lipinski definition) is 0. The first-order chi connectivity index (χ1) is 11.9. The Balaban J connectivity index is 0.00000243. The summed E-state index contributed by atoms with van der Waals surface area (Å²) in [6, 6.07) is 6.61. The molecule has 3 rings (SSSR count). The summed E-state index contributed by atoms with van der Waals surface area (Å²) in [4.78, 5) is 40.2. The number of fused-ring (bicyclic) bond motifs is 1. The summed E-state index contributed by atoms with van der Waals surface area (Å²) in [6.07, 6.45) is 1.51. The van der Waals surface area contributed by atoms with Crippen molar-refractivity contribution in [1.29, 1.82) is 0 Å². The molecule has 10 heteroatoms. The number of carbonyl (C=O) groups excluding carboxylic acids is 1. The van der Waals surface area contributed by atoms with Crippen LogP contribution in [0.4, 0.5) is 0 Å². The third-order valence-corrected chi connectivity index (χ3v) is 4.97. The number of aromatic carboxylic acids is 1. The van der Waals surface area contributed by atoms with Crippen LogP contribution in [0.1, 0.15) is 10.4 Å². The van der Waals surface area contributed by atoms with Crippen LogP contribution in [0.5, 0.6) is 0 Å². The molecule has 130 valence electrons. The fraction of sp³-hybridized carbons (Fsp3) is 0.250. The molecule has 0 atom stereocenters. The monoisotopic (exact) mass is 382 g/mol. The molecule has 0 unspecified atom stereocenters. The van der Waals surface area contributed by atoms with Gasteiger partial charge in [0.25, 0.3) is 5.56 Å². The molecule has 0 spiro atoms. The molecule has 2 aromatic heterocycles. The van der Waals surface area contributed by atoms with Crippen molar-refractivity contribution in [3.05, 3.63) is 57.0 Å². The largest absolute Gasteiger partial charge is 1.00 e. The molecular formula is C16H15N4NaO4S. The Morgan fingerprint density at radius 3 is 2.58 bits per heavy atom. The van der Waals surface area contributed by atoms with Gasteiger partial charge in [-0.3, -0.25) is 13.9 Å². The minimum atomic E-state index is -1.22. The van der Waals surface area contributed by atoms with Crippen LogP contribution >= 0.6 is 11.8 Å². The van der Waals surface area contributed by atoms with Crippen molar-refractivity contribution in [3.63, 3.8) is 0 Å². The first-order valence-corrected chi connectivity index (χ1v) is 8.44. The number of benzene rings is 1. The average Bonchev–Trinajstić information content (AvgIpc) is 3.02. The number of imidazole rings is 1. The van der Waals surface area contributed by atoms with E-state index in [9.17, 15) is 19.5 Å². The zero-order valence-electron chi connectivity index (χ0n) is 14.6. The van der Waals surface area contributed by atoms with Gasteiger partial charge in [-0.05, 0) is 6.07 Å². The second-order valence-corrected chi connectivity index (χ2v) is 6.58. The number of carbonyl (C=O) groups is 1. The van der Waals surface area contributed by atoms with E-state index in [4.69, 9.17) is 0 Å². The normalized spacial score (nSPS) is 10.7. The maximum Gasteiger partial charge on any atom is 1.00 e. The molecule has 26 heavy (non-hydrogen) atoms. The van der Waals surface area contributed by atoms with E-state index in [1.165, 1.54) is 35.8 Å². The minimum Gasteiger partial charge on any atom is -0.545 e. The average molecular weight is 382 g/mol. The van der Waals surface area contributed by atoms with Crippen LogP contribution in [0.2, 0.25) is 0 Å². The maximum atomic E-state index is 12.4. The van der Waals surface area contributed by atoms with E-state index in [0.29, 0.717) is 28.4 Å². The van der Waals surface area contributed by atoms with Gasteiger partial charge in [0.05, 0.1) is 12.3 Å². The molecular weight excluding hydrogens is 367 g/mol. The Morgan fingerprint density at radius 2 is 1.88 bits per heavy atom. The summed E-state index contributed by atoms with van der Waals surface area (Å²) in [6.45, 7) is 0.440. The fourth-order valence-corrected chi connectivity index (χ4v) is 3.57. The molecule has 8 nitrogen and oxygen atoms in total. The standard InChI is InChI=1S/C16H16N4O4S.Na/c1-18-13-12(14(21)19(2)16(18)24)20(9-17-13)7-8-25-11-6-4-3-5-10(11)15(22)23;/h3-6,9H,7-8H2,1-2H3,(H,22,23);/q;+1/p-1. The number of nitrogens with zero attached hydrogens (tertiary/aromatic N) is 4. The minimum absolute atomic E-state index is 0. The molecule has 0 saturated carbocycles. The summed E-state index contributed by atoms with van der Waals surface area (Å²) in [7, 11) is 2.98. The first-order valence-electron chi connectivity index (χ1n) is 7.46. The molecule has 0 aliphatic heterocycles. The summed E-state index contributed by atoms with van der Waals surface area (Å²) in [5.74, 6) is -0.693. The molecule has 1 aromatic carbocycles. The predicted molar refractivity (Wildman–Crippen MR) is 91.7 cm³/mol. The Kier molecular flexibility index (Phi) is 6.51. The molecule has 0 aliphatic rings. The van der Waals surface area contributed by atoms with E-state index in [2.05, 4.69) is 4.98 Å². The van der Waals surface area contributed by atoms with Crippen molar-refractivity contribution < 1.29 is 39.5 Å². The van der Waals surface area contributed by atoms with Crippen molar-refractivity contribution in [2.75, 3.05) is 5.75 Å². The Hall–Kier alpha value is -1.81. The van der Waals surface area contributed by atoms with Crippen LogP contribution in [0.15, 0.2) is 45.1 Å². The van der Waals surface area contributed by atoms with Gasteiger partial charge >= 0.3 is 35.2 Å². The fourth-order valence-electron chi connectivity index (χ4n) is 2.58. The number of carboxylic acids is 1. The van der Waals surface area contributed by atoms with Gasteiger partial charge in [0.15, 0.2) is 11.2 Å². The summed E-state index contributed by atoms with van der Waals surface area (Å²) >= 11 is 1.35. The molecule has 0 amide bonds. The van der Waals surface area contributed by atoms with Crippen LogP contribution in [0.25, 0.3) is 11.2 Å². The van der Waals surface area contributed by atoms with Gasteiger partial charge < -0.3 is 14.5 Å². The molecule has 0 N–H and O–H groups in total. The van der Waals surface area contributed by atoms with Gasteiger partial charge in [-0.1, -0.05) is 18.2 Å². The summed E-state index contributed by atoms with van der Waals surface area (Å²) in [5, 5.41) is 11.1. The van der Waals surface area contributed by atoms with Crippen molar-refractivity contribution >= 4 is 28.9 Å². The number of thioether (sulfide) groups is 1. The number of rotatable bonds is 5. The number of aromatic nitrogens is 4. The maximum absolute atomic E-state index is 12.4. The molecule has 3 aromatic rings. The zero-order valence-corrected chi connectivity index (χ0v) is 17.4. The van der Waals surface area contributed by atoms with E-state index in [-0.39, 0.29) is 35.1 Å². The smallest absolute Gasteiger partial charge is 0.545 e. The third-order valence-electron chi connectivity index (χ3n) is 3.91. The van der Waals surface area contributed by atoms with Gasteiger partial charge in [0.2, 0.25) is 0 Å². The van der Waals surface area contributed by atoms with Crippen molar-refractivity contribution in [1.82, 2.24) is 18.7 Å². The molecule has 0 radical (unpaired) electrons. The number of aryl methyl sites for hydroxylation is 2. The Morgan fingerprint density at radius 1 is 1.19 bits per heavy atom.